The van der Waals surface area contributed by atoms with Gasteiger partial charge in [0.2, 0.25) is 0 Å². The number of benzene rings is 5. The summed E-state index contributed by atoms with van der Waals surface area (Å²) in [7, 11) is 0.439. The van der Waals surface area contributed by atoms with Crippen LogP contribution in [0.15, 0.2) is 97.1 Å². The van der Waals surface area contributed by atoms with Gasteiger partial charge in [-0.15, -0.1) is 0 Å². The van der Waals surface area contributed by atoms with Crippen LogP contribution in [-0.4, -0.2) is 18.7 Å². The number of hydrogen-bond acceptors (Lipinski definition) is 0. The van der Waals surface area contributed by atoms with Crippen molar-refractivity contribution >= 4 is 50.5 Å². The van der Waals surface area contributed by atoms with E-state index in [0.717, 1.165) is 10.8 Å². The van der Waals surface area contributed by atoms with Crippen LogP contribution >= 0.6 is 11.6 Å². The minimum absolute atomic E-state index is 0.439. The molecule has 372 valence electrons. The van der Waals surface area contributed by atoms with E-state index in [-0.39, 0.29) is 0 Å². The highest BCUT2D eigenvalue weighted by Crippen LogP contribution is 2.41. The van der Waals surface area contributed by atoms with E-state index in [2.05, 4.69) is 18.6 Å². The first-order valence-corrected chi connectivity index (χ1v) is 20.7. The van der Waals surface area contributed by atoms with Gasteiger partial charge in [0.1, 0.15) is 11.9 Å². The second-order valence-electron chi connectivity index (χ2n) is 14.9. The Morgan fingerprint density at radius 1 is 0.338 bits per heavy atom. The van der Waals surface area contributed by atoms with Crippen molar-refractivity contribution in [2.24, 2.45) is 0 Å². The smallest absolute Gasteiger partial charge is 0.194 e. The third-order valence-electron chi connectivity index (χ3n) is 9.84. The molecule has 0 spiro atoms. The molecule has 0 amide bonds. The molecule has 0 saturated heterocycles. The molecule has 0 radical (unpaired) electrons. The maximum absolute atomic E-state index is 14.2. The van der Waals surface area contributed by atoms with Crippen LogP contribution < -0.4 is 21.9 Å². The van der Waals surface area contributed by atoms with E-state index in [1.807, 2.05) is 18.2 Å². The molecule has 0 fully saturated rings. The highest BCUT2D eigenvalue weighted by molar-refractivity contribution is 7.94. The molecular formula is C41H24BClF24S. The highest BCUT2D eigenvalue weighted by atomic mass is 35.5. The summed E-state index contributed by atoms with van der Waals surface area (Å²) in [5, 5.41) is 0.897. The Bertz CT molecular complexity index is 2150. The van der Waals surface area contributed by atoms with Gasteiger partial charge in [-0.3, -0.25) is 0 Å². The monoisotopic (exact) mass is 1050 g/mol. The Morgan fingerprint density at radius 3 is 0.691 bits per heavy atom. The largest absolute Gasteiger partial charge is 0.416 e. The number of rotatable bonds is 6. The Hall–Kier alpha value is -4.88. The van der Waals surface area contributed by atoms with Gasteiger partial charge in [0, 0.05) is 10.6 Å². The molecule has 68 heavy (non-hydrogen) atoms. The Morgan fingerprint density at radius 2 is 0.529 bits per heavy atom. The van der Waals surface area contributed by atoms with Gasteiger partial charge in [-0.2, -0.15) is 127 Å². The first kappa shape index (κ1) is 55.7. The lowest BCUT2D eigenvalue weighted by molar-refractivity contribution is -0.144. The maximum Gasteiger partial charge on any atom is 0.416 e. The minimum atomic E-state index is -6.13. The van der Waals surface area contributed by atoms with Crippen LogP contribution in [0, 0.1) is 0 Å². The summed E-state index contributed by atoms with van der Waals surface area (Å²) < 4.78 is 341. The van der Waals surface area contributed by atoms with E-state index in [1.165, 1.54) is 5.56 Å². The molecule has 0 aliphatic rings. The van der Waals surface area contributed by atoms with E-state index in [1.54, 1.807) is 0 Å². The summed E-state index contributed by atoms with van der Waals surface area (Å²) in [6.45, 7) is 0. The fourth-order valence-electron chi connectivity index (χ4n) is 7.00. The molecule has 27 heteroatoms. The molecule has 5 rings (SSSR count). The first-order chi connectivity index (χ1) is 30.5. The lowest BCUT2D eigenvalue weighted by Crippen LogP contribution is -2.75. The average Bonchev–Trinajstić information content (AvgIpc) is 3.16. The second-order valence-corrected chi connectivity index (χ2v) is 17.6. The maximum atomic E-state index is 14.2. The molecule has 0 aliphatic heterocycles. The predicted molar refractivity (Wildman–Crippen MR) is 204 cm³/mol. The number of hydrogen-bond donors (Lipinski definition) is 0. The van der Waals surface area contributed by atoms with E-state index in [4.69, 9.17) is 11.6 Å². The third kappa shape index (κ3) is 13.0. The van der Waals surface area contributed by atoms with Crippen LogP contribution in [0.5, 0.6) is 0 Å². The molecule has 0 atom stereocenters. The highest BCUT2D eigenvalue weighted by Gasteiger charge is 2.47. The van der Waals surface area contributed by atoms with E-state index >= 15 is 0 Å². The first-order valence-electron chi connectivity index (χ1n) is 18.1. The van der Waals surface area contributed by atoms with Crippen LogP contribution in [0.2, 0.25) is 5.02 Å². The SMILES string of the molecule is C[S+](C)Cc1ccccc1Cl.FC(F)(F)c1cc([B-](c2cc(C(F)(F)F)cc(C(F)(F)F)c2)(c2cc(C(F)(F)F)cc(C(F)(F)F)c2)c2cc(C(F)(F)F)cc(C(F)(F)F)c2)cc(C(F)(F)F)c1. The van der Waals surface area contributed by atoms with Gasteiger partial charge < -0.3 is 0 Å². The normalized spacial score (nSPS) is 13.7. The summed E-state index contributed by atoms with van der Waals surface area (Å²) in [5.74, 6) is 1.10. The molecule has 0 aliphatic carbocycles. The molecule has 0 nitrogen and oxygen atoms in total. The molecule has 5 aromatic rings. The predicted octanol–water partition coefficient (Wildman–Crippen LogP) is 13.9. The second kappa shape index (κ2) is 18.8. The zero-order valence-corrected chi connectivity index (χ0v) is 35.0. The van der Waals surface area contributed by atoms with Crippen molar-refractivity contribution in [3.63, 3.8) is 0 Å². The van der Waals surface area contributed by atoms with Crippen LogP contribution in [0.25, 0.3) is 0 Å². The Balaban J connectivity index is 0.000000802. The standard InChI is InChI=1S/C32H12BF24.C9H12ClS/c34-25(35,36)13-1-14(26(37,38)39)6-21(5-13)33(22-7-15(27(40,41)42)2-16(8-22)28(43,44)45,23-9-17(29(46,47)48)3-18(10-23)30(49,50)51)24-11-19(31(52,53)54)4-20(12-24)32(55,56)57;1-11(2)7-8-5-3-4-6-9(8)10/h1-12H;3-6H,7H2,1-2H3/q-1;+1. The summed E-state index contributed by atoms with van der Waals surface area (Å²) in [6.07, 6.45) is -50.4. The molecule has 0 heterocycles. The van der Waals surface area contributed by atoms with Gasteiger partial charge in [0.25, 0.3) is 0 Å². The average molecular weight is 1050 g/mol. The molecule has 0 saturated carbocycles. The fraction of sp³-hybridized carbons (Fsp3) is 0.268. The van der Waals surface area contributed by atoms with E-state index in [9.17, 15) is 105 Å². The van der Waals surface area contributed by atoms with Crippen molar-refractivity contribution in [3.8, 4) is 0 Å². The molecule has 0 bridgehead atoms. The van der Waals surface area contributed by atoms with Crippen molar-refractivity contribution in [2.75, 3.05) is 12.5 Å². The van der Waals surface area contributed by atoms with Gasteiger partial charge in [-0.25, -0.2) is 0 Å². The van der Waals surface area contributed by atoms with Crippen LogP contribution in [-0.2, 0) is 66.1 Å². The quantitative estimate of drug-likeness (QED) is 0.0903. The van der Waals surface area contributed by atoms with Gasteiger partial charge in [0.15, 0.2) is 0 Å². The summed E-state index contributed by atoms with van der Waals surface area (Å²) in [6, 6.07) is -0.766. The molecule has 0 aromatic heterocycles. The molecule has 0 N–H and O–H groups in total. The minimum Gasteiger partial charge on any atom is -0.194 e. The fourth-order valence-corrected chi connectivity index (χ4v) is 8.15. The Kier molecular flexibility index (Phi) is 15.4. The zero-order chi connectivity index (χ0) is 52.2. The van der Waals surface area contributed by atoms with Crippen molar-refractivity contribution in [3.05, 3.63) is 152 Å². The molecule has 5 aromatic carbocycles. The number of alkyl halides is 24. The summed E-state index contributed by atoms with van der Waals surface area (Å²) in [4.78, 5) is 0. The Labute approximate surface area is 375 Å². The van der Waals surface area contributed by atoms with Crippen LogP contribution in [0.4, 0.5) is 105 Å². The topological polar surface area (TPSA) is 0 Å². The molecular weight excluding hydrogens is 1030 g/mol. The number of halogens is 25. The lowest BCUT2D eigenvalue weighted by Gasteiger charge is -2.46. The zero-order valence-electron chi connectivity index (χ0n) is 33.4. The summed E-state index contributed by atoms with van der Waals surface area (Å²) in [5.41, 5.74) is -28.9. The van der Waals surface area contributed by atoms with Gasteiger partial charge >= 0.3 is 49.4 Å². The third-order valence-corrected chi connectivity index (χ3v) is 11.1. The van der Waals surface area contributed by atoms with Crippen molar-refractivity contribution in [1.82, 2.24) is 0 Å². The molecule has 0 unspecified atom stereocenters. The van der Waals surface area contributed by atoms with Gasteiger partial charge in [-0.1, -0.05) is 78.3 Å². The van der Waals surface area contributed by atoms with Gasteiger partial charge in [-0.05, 0) is 41.2 Å². The van der Waals surface area contributed by atoms with E-state index < -0.39 is 195 Å². The van der Waals surface area contributed by atoms with Crippen LogP contribution in [0.3, 0.4) is 0 Å². The van der Waals surface area contributed by atoms with Gasteiger partial charge in [0.05, 0.1) is 57.0 Å². The van der Waals surface area contributed by atoms with Crippen LogP contribution in [0.1, 0.15) is 50.1 Å². The van der Waals surface area contributed by atoms with E-state index in [0.29, 0.717) is 10.9 Å². The van der Waals surface area contributed by atoms with Crippen molar-refractivity contribution < 1.29 is 105 Å². The van der Waals surface area contributed by atoms with Crippen molar-refractivity contribution in [2.45, 2.75) is 55.2 Å². The van der Waals surface area contributed by atoms with Crippen molar-refractivity contribution in [1.29, 1.82) is 0 Å². The lowest BCUT2D eigenvalue weighted by atomic mass is 9.12. The summed E-state index contributed by atoms with van der Waals surface area (Å²) >= 11 is 5.97.